The van der Waals surface area contributed by atoms with Crippen molar-refractivity contribution in [2.45, 2.75) is 19.8 Å². The van der Waals surface area contributed by atoms with Crippen LogP contribution in [-0.4, -0.2) is 5.75 Å². The van der Waals surface area contributed by atoms with Gasteiger partial charge >= 0.3 is 0 Å². The Kier molecular flexibility index (Phi) is 5.34. The van der Waals surface area contributed by atoms with Gasteiger partial charge in [-0.25, -0.2) is 0 Å². The summed E-state index contributed by atoms with van der Waals surface area (Å²) in [5, 5.41) is 0. The fourth-order valence-corrected chi connectivity index (χ4v) is 1.89. The predicted molar refractivity (Wildman–Crippen MR) is 71.0 cm³/mol. The molecule has 2 heteroatoms. The molecule has 0 unspecified atom stereocenters. The summed E-state index contributed by atoms with van der Waals surface area (Å²) < 4.78 is 1.15. The van der Waals surface area contributed by atoms with Crippen molar-refractivity contribution < 1.29 is 0 Å². The molecule has 0 aliphatic heterocycles. The van der Waals surface area contributed by atoms with Gasteiger partial charge in [0.05, 0.1) is 0 Å². The molecule has 1 aromatic rings. The fraction of sp³-hybridized carbons (Fsp3) is 0.333. The van der Waals surface area contributed by atoms with Crippen LogP contribution in [0, 0.1) is 0 Å². The minimum atomic E-state index is 0.911. The van der Waals surface area contributed by atoms with Crippen LogP contribution in [0.5, 0.6) is 0 Å². The highest BCUT2D eigenvalue weighted by Gasteiger charge is 1.97. The third kappa shape index (κ3) is 3.50. The van der Waals surface area contributed by atoms with E-state index in [9.17, 15) is 0 Å². The molecule has 0 amide bonds. The number of allylic oxidation sites excluding steroid dienone is 1. The molecule has 0 aromatic heterocycles. The van der Waals surface area contributed by atoms with E-state index in [0.717, 1.165) is 23.1 Å². The number of aryl methyl sites for hydroxylation is 1. The van der Waals surface area contributed by atoms with Gasteiger partial charge in [0, 0.05) is 4.47 Å². The van der Waals surface area contributed by atoms with Crippen LogP contribution in [0.25, 0.3) is 6.08 Å². The van der Waals surface area contributed by atoms with Crippen LogP contribution in [0.15, 0.2) is 28.7 Å². The first-order chi connectivity index (χ1) is 6.77. The van der Waals surface area contributed by atoms with Crippen LogP contribution in [0.2, 0.25) is 0 Å². The molecule has 0 nitrogen and oxygen atoms in total. The number of rotatable bonds is 4. The van der Waals surface area contributed by atoms with Crippen molar-refractivity contribution >= 4 is 34.6 Å². The van der Waals surface area contributed by atoms with Crippen molar-refractivity contribution in [1.29, 1.82) is 0 Å². The summed E-state index contributed by atoms with van der Waals surface area (Å²) in [4.78, 5) is 0. The van der Waals surface area contributed by atoms with E-state index < -0.39 is 0 Å². The van der Waals surface area contributed by atoms with Crippen LogP contribution < -0.4 is 0 Å². The van der Waals surface area contributed by atoms with E-state index in [1.165, 1.54) is 11.1 Å². The maximum atomic E-state index is 4.17. The fourth-order valence-electron chi connectivity index (χ4n) is 1.33. The van der Waals surface area contributed by atoms with Gasteiger partial charge in [0.1, 0.15) is 0 Å². The maximum absolute atomic E-state index is 4.17. The van der Waals surface area contributed by atoms with Crippen LogP contribution in [0.4, 0.5) is 0 Å². The summed E-state index contributed by atoms with van der Waals surface area (Å²) in [7, 11) is 0. The van der Waals surface area contributed by atoms with Crippen LogP contribution in [-0.2, 0) is 6.42 Å². The first-order valence-corrected chi connectivity index (χ1v) is 6.26. The van der Waals surface area contributed by atoms with Crippen LogP contribution in [0.3, 0.4) is 0 Å². The van der Waals surface area contributed by atoms with Crippen LogP contribution in [0.1, 0.15) is 24.5 Å². The van der Waals surface area contributed by atoms with Gasteiger partial charge in [-0.15, -0.1) is 0 Å². The lowest BCUT2D eigenvalue weighted by atomic mass is 10.0. The Morgan fingerprint density at radius 3 is 2.86 bits per heavy atom. The molecule has 0 fully saturated rings. The SMILES string of the molecule is CCc1cc(Br)ccc1C=CCCS. The molecule has 0 aliphatic rings. The van der Waals surface area contributed by atoms with Gasteiger partial charge in [-0.3, -0.25) is 0 Å². The lowest BCUT2D eigenvalue weighted by molar-refractivity contribution is 1.13. The van der Waals surface area contributed by atoms with E-state index >= 15 is 0 Å². The summed E-state index contributed by atoms with van der Waals surface area (Å²) in [6.45, 7) is 2.18. The largest absolute Gasteiger partial charge is 0.179 e. The second kappa shape index (κ2) is 6.31. The van der Waals surface area contributed by atoms with Crippen molar-refractivity contribution in [3.8, 4) is 0 Å². The second-order valence-electron chi connectivity index (χ2n) is 3.11. The molecule has 0 heterocycles. The zero-order chi connectivity index (χ0) is 10.4. The van der Waals surface area contributed by atoms with E-state index in [4.69, 9.17) is 0 Å². The van der Waals surface area contributed by atoms with Gasteiger partial charge in [-0.1, -0.05) is 41.1 Å². The molecular formula is C12H15BrS. The van der Waals surface area contributed by atoms with Gasteiger partial charge < -0.3 is 0 Å². The highest BCUT2D eigenvalue weighted by molar-refractivity contribution is 9.10. The Bertz CT molecular complexity index is 318. The number of benzene rings is 1. The lowest BCUT2D eigenvalue weighted by Crippen LogP contribution is -1.85. The third-order valence-electron chi connectivity index (χ3n) is 2.08. The number of thiol groups is 1. The number of hydrogen-bond acceptors (Lipinski definition) is 1. The van der Waals surface area contributed by atoms with Crippen molar-refractivity contribution in [2.24, 2.45) is 0 Å². The van der Waals surface area contributed by atoms with E-state index in [2.05, 4.69) is 65.8 Å². The van der Waals surface area contributed by atoms with Crippen LogP contribution >= 0.6 is 28.6 Å². The quantitative estimate of drug-likeness (QED) is 0.773. The lowest BCUT2D eigenvalue weighted by Gasteiger charge is -2.03. The van der Waals surface area contributed by atoms with Gasteiger partial charge in [-0.2, -0.15) is 12.6 Å². The number of halogens is 1. The molecule has 0 N–H and O–H groups in total. The van der Waals surface area contributed by atoms with Crippen molar-refractivity contribution in [1.82, 2.24) is 0 Å². The molecule has 0 saturated carbocycles. The summed E-state index contributed by atoms with van der Waals surface area (Å²) >= 11 is 7.66. The van der Waals surface area contributed by atoms with E-state index in [1.807, 2.05) is 0 Å². The summed E-state index contributed by atoms with van der Waals surface area (Å²) in [6.07, 6.45) is 6.46. The van der Waals surface area contributed by atoms with Crippen molar-refractivity contribution in [3.63, 3.8) is 0 Å². The van der Waals surface area contributed by atoms with Gasteiger partial charge in [0.15, 0.2) is 0 Å². The minimum Gasteiger partial charge on any atom is -0.179 e. The molecular weight excluding hydrogens is 256 g/mol. The Balaban J connectivity index is 2.85. The maximum Gasteiger partial charge on any atom is 0.0178 e. The molecule has 76 valence electrons. The van der Waals surface area contributed by atoms with Crippen molar-refractivity contribution in [2.75, 3.05) is 5.75 Å². The molecule has 0 saturated heterocycles. The zero-order valence-corrected chi connectivity index (χ0v) is 10.8. The molecule has 0 aliphatic carbocycles. The summed E-state index contributed by atoms with van der Waals surface area (Å²) in [6, 6.07) is 6.41. The predicted octanol–water partition coefficient (Wildman–Crippen LogP) is 4.34. The first kappa shape index (κ1) is 11.9. The highest BCUT2D eigenvalue weighted by Crippen LogP contribution is 2.18. The number of hydrogen-bond donors (Lipinski definition) is 1. The summed E-state index contributed by atoms with van der Waals surface area (Å²) in [5.41, 5.74) is 2.70. The second-order valence-corrected chi connectivity index (χ2v) is 4.47. The monoisotopic (exact) mass is 270 g/mol. The van der Waals surface area contributed by atoms with Gasteiger partial charge in [0.25, 0.3) is 0 Å². The summed E-state index contributed by atoms with van der Waals surface area (Å²) in [5.74, 6) is 0.911. The normalized spacial score (nSPS) is 11.1. The van der Waals surface area contributed by atoms with Crippen molar-refractivity contribution in [3.05, 3.63) is 39.9 Å². The van der Waals surface area contributed by atoms with Gasteiger partial charge in [-0.05, 0) is 41.9 Å². The van der Waals surface area contributed by atoms with Gasteiger partial charge in [0.2, 0.25) is 0 Å². The Labute approximate surface area is 100.0 Å². The Morgan fingerprint density at radius 2 is 2.21 bits per heavy atom. The topological polar surface area (TPSA) is 0 Å². The molecule has 14 heavy (non-hydrogen) atoms. The first-order valence-electron chi connectivity index (χ1n) is 4.83. The Morgan fingerprint density at radius 1 is 1.43 bits per heavy atom. The van der Waals surface area contributed by atoms with E-state index in [-0.39, 0.29) is 0 Å². The average Bonchev–Trinajstić information content (AvgIpc) is 2.20. The molecule has 0 bridgehead atoms. The molecule has 0 spiro atoms. The molecule has 0 radical (unpaired) electrons. The molecule has 0 atom stereocenters. The molecule has 1 rings (SSSR count). The molecule has 1 aromatic carbocycles. The Hall–Kier alpha value is -0.210. The average molecular weight is 271 g/mol. The smallest absolute Gasteiger partial charge is 0.0178 e. The highest BCUT2D eigenvalue weighted by atomic mass is 79.9. The van der Waals surface area contributed by atoms with E-state index in [1.54, 1.807) is 0 Å². The van der Waals surface area contributed by atoms with E-state index in [0.29, 0.717) is 0 Å². The minimum absolute atomic E-state index is 0.911. The third-order valence-corrected chi connectivity index (χ3v) is 2.83. The zero-order valence-electron chi connectivity index (χ0n) is 8.33. The standard InChI is InChI=1S/C12H15BrS/c1-2-10-9-12(13)7-6-11(10)5-3-4-8-14/h3,5-7,9,14H,2,4,8H2,1H3.